The van der Waals surface area contributed by atoms with E-state index in [1.54, 1.807) is 7.11 Å². The Labute approximate surface area is 99.6 Å². The lowest BCUT2D eigenvalue weighted by Gasteiger charge is -2.29. The normalized spacial score (nSPS) is 19.6. The maximum absolute atomic E-state index is 5.79. The van der Waals surface area contributed by atoms with Gasteiger partial charge >= 0.3 is 0 Å². The zero-order valence-electron chi connectivity index (χ0n) is 10.7. The molecular formula is C13H26N2O. The van der Waals surface area contributed by atoms with Gasteiger partial charge in [0.1, 0.15) is 0 Å². The Morgan fingerprint density at radius 2 is 2.38 bits per heavy atom. The van der Waals surface area contributed by atoms with Crippen LogP contribution in [0.5, 0.6) is 0 Å². The molecule has 1 rings (SSSR count). The fourth-order valence-corrected chi connectivity index (χ4v) is 2.29. The van der Waals surface area contributed by atoms with Crippen molar-refractivity contribution in [2.24, 2.45) is 11.7 Å². The third-order valence-electron chi connectivity index (χ3n) is 3.26. The molecule has 1 unspecified atom stereocenters. The van der Waals surface area contributed by atoms with Crippen molar-refractivity contribution < 1.29 is 4.74 Å². The van der Waals surface area contributed by atoms with Gasteiger partial charge in [-0.3, -0.25) is 4.90 Å². The Bertz CT molecular complexity index is 216. The molecule has 2 N–H and O–H groups in total. The molecule has 1 atom stereocenters. The van der Waals surface area contributed by atoms with Gasteiger partial charge in [0.25, 0.3) is 0 Å². The Morgan fingerprint density at radius 3 is 2.88 bits per heavy atom. The van der Waals surface area contributed by atoms with E-state index in [-0.39, 0.29) is 0 Å². The van der Waals surface area contributed by atoms with Crippen LogP contribution in [0.4, 0.5) is 0 Å². The largest absolute Gasteiger partial charge is 0.380 e. The molecule has 0 aromatic rings. The molecule has 0 saturated heterocycles. The van der Waals surface area contributed by atoms with E-state index in [4.69, 9.17) is 10.5 Å². The number of hydrogen-bond acceptors (Lipinski definition) is 3. The maximum atomic E-state index is 5.79. The Hall–Kier alpha value is -0.380. The topological polar surface area (TPSA) is 38.5 Å². The lowest BCUT2D eigenvalue weighted by atomic mass is 10.0. The van der Waals surface area contributed by atoms with E-state index >= 15 is 0 Å². The molecule has 1 heterocycles. The highest BCUT2D eigenvalue weighted by atomic mass is 16.5. The van der Waals surface area contributed by atoms with Crippen LogP contribution in [0.15, 0.2) is 11.6 Å². The van der Waals surface area contributed by atoms with Crippen LogP contribution in [-0.4, -0.2) is 44.8 Å². The molecule has 0 aliphatic carbocycles. The molecular weight excluding hydrogens is 200 g/mol. The van der Waals surface area contributed by atoms with E-state index in [9.17, 15) is 0 Å². The minimum absolute atomic E-state index is 0.669. The van der Waals surface area contributed by atoms with Crippen LogP contribution in [0.1, 0.15) is 26.2 Å². The lowest BCUT2D eigenvalue weighted by Crippen LogP contribution is -2.36. The summed E-state index contributed by atoms with van der Waals surface area (Å²) in [7, 11) is 1.76. The molecule has 0 aromatic heterocycles. The molecule has 16 heavy (non-hydrogen) atoms. The highest BCUT2D eigenvalue weighted by molar-refractivity contribution is 5.07. The predicted octanol–water partition coefficient (Wildman–Crippen LogP) is 1.64. The van der Waals surface area contributed by atoms with Gasteiger partial charge in [-0.15, -0.1) is 0 Å². The first-order valence-corrected chi connectivity index (χ1v) is 6.39. The molecule has 1 aliphatic heterocycles. The number of rotatable bonds is 7. The van der Waals surface area contributed by atoms with Crippen molar-refractivity contribution in [3.05, 3.63) is 11.6 Å². The van der Waals surface area contributed by atoms with Crippen LogP contribution < -0.4 is 5.73 Å². The predicted molar refractivity (Wildman–Crippen MR) is 68.5 cm³/mol. The van der Waals surface area contributed by atoms with Crippen LogP contribution in [-0.2, 0) is 4.74 Å². The van der Waals surface area contributed by atoms with Crippen LogP contribution in [0.3, 0.4) is 0 Å². The van der Waals surface area contributed by atoms with Gasteiger partial charge in [0, 0.05) is 26.7 Å². The van der Waals surface area contributed by atoms with Gasteiger partial charge in [0.2, 0.25) is 0 Å². The molecule has 0 bridgehead atoms. The molecule has 3 nitrogen and oxygen atoms in total. The van der Waals surface area contributed by atoms with E-state index in [0.29, 0.717) is 5.92 Å². The lowest BCUT2D eigenvalue weighted by molar-refractivity contribution is 0.203. The molecule has 0 spiro atoms. The van der Waals surface area contributed by atoms with Crippen molar-refractivity contribution >= 4 is 0 Å². The third-order valence-corrected chi connectivity index (χ3v) is 3.26. The fourth-order valence-electron chi connectivity index (χ4n) is 2.29. The van der Waals surface area contributed by atoms with Crippen molar-refractivity contribution in [1.82, 2.24) is 4.90 Å². The maximum Gasteiger partial charge on any atom is 0.0673 e. The minimum Gasteiger partial charge on any atom is -0.380 e. The monoisotopic (exact) mass is 226 g/mol. The van der Waals surface area contributed by atoms with Gasteiger partial charge in [-0.2, -0.15) is 0 Å². The number of ether oxygens (including phenoxy) is 1. The summed E-state index contributed by atoms with van der Waals surface area (Å²) in [5, 5.41) is 0. The van der Waals surface area contributed by atoms with Crippen molar-refractivity contribution in [3.8, 4) is 0 Å². The first-order chi connectivity index (χ1) is 7.80. The molecule has 0 radical (unpaired) electrons. The SMILES string of the molecule is CCCC(CN)CN1CC=C(COC)CC1. The van der Waals surface area contributed by atoms with Gasteiger partial charge in [-0.25, -0.2) is 0 Å². The highest BCUT2D eigenvalue weighted by Gasteiger charge is 2.15. The van der Waals surface area contributed by atoms with Crippen LogP contribution in [0.25, 0.3) is 0 Å². The summed E-state index contributed by atoms with van der Waals surface area (Å²) in [6.45, 7) is 7.23. The van der Waals surface area contributed by atoms with Gasteiger partial charge in [0.05, 0.1) is 6.61 Å². The van der Waals surface area contributed by atoms with E-state index < -0.39 is 0 Å². The first kappa shape index (κ1) is 13.7. The second kappa shape index (κ2) is 7.82. The Kier molecular flexibility index (Phi) is 6.69. The molecule has 94 valence electrons. The van der Waals surface area contributed by atoms with Crippen molar-refractivity contribution in [1.29, 1.82) is 0 Å². The highest BCUT2D eigenvalue weighted by Crippen LogP contribution is 2.14. The zero-order chi connectivity index (χ0) is 11.8. The Balaban J connectivity index is 2.30. The van der Waals surface area contributed by atoms with E-state index in [1.807, 2.05) is 0 Å². The summed E-state index contributed by atoms with van der Waals surface area (Å²) in [6.07, 6.45) is 5.95. The molecule has 0 saturated carbocycles. The van der Waals surface area contributed by atoms with Crippen molar-refractivity contribution in [2.45, 2.75) is 26.2 Å². The second-order valence-corrected chi connectivity index (χ2v) is 4.70. The molecule has 1 aliphatic rings. The smallest absolute Gasteiger partial charge is 0.0673 e. The van der Waals surface area contributed by atoms with Gasteiger partial charge < -0.3 is 10.5 Å². The minimum atomic E-state index is 0.669. The molecule has 0 amide bonds. The van der Waals surface area contributed by atoms with E-state index in [2.05, 4.69) is 17.9 Å². The number of methoxy groups -OCH3 is 1. The Morgan fingerprint density at radius 1 is 1.56 bits per heavy atom. The van der Waals surface area contributed by atoms with Crippen molar-refractivity contribution in [3.63, 3.8) is 0 Å². The summed E-state index contributed by atoms with van der Waals surface area (Å²) >= 11 is 0. The number of nitrogens with zero attached hydrogens (tertiary/aromatic N) is 1. The summed E-state index contributed by atoms with van der Waals surface area (Å²) in [4.78, 5) is 2.51. The average Bonchev–Trinajstić information content (AvgIpc) is 2.31. The second-order valence-electron chi connectivity index (χ2n) is 4.70. The van der Waals surface area contributed by atoms with E-state index in [1.165, 1.54) is 18.4 Å². The third kappa shape index (κ3) is 4.64. The summed E-state index contributed by atoms with van der Waals surface area (Å²) in [6, 6.07) is 0. The van der Waals surface area contributed by atoms with Gasteiger partial charge in [-0.05, 0) is 30.9 Å². The fraction of sp³-hybridized carbons (Fsp3) is 0.846. The molecule has 0 aromatic carbocycles. The quantitative estimate of drug-likeness (QED) is 0.671. The number of hydrogen-bond donors (Lipinski definition) is 1. The van der Waals surface area contributed by atoms with Crippen LogP contribution >= 0.6 is 0 Å². The first-order valence-electron chi connectivity index (χ1n) is 6.39. The molecule has 3 heteroatoms. The van der Waals surface area contributed by atoms with Gasteiger partial charge in [0.15, 0.2) is 0 Å². The summed E-state index contributed by atoms with van der Waals surface area (Å²) in [5.41, 5.74) is 7.23. The van der Waals surface area contributed by atoms with E-state index in [0.717, 1.165) is 39.2 Å². The summed E-state index contributed by atoms with van der Waals surface area (Å²) < 4.78 is 5.15. The van der Waals surface area contributed by atoms with Crippen molar-refractivity contribution in [2.75, 3.05) is 39.9 Å². The summed E-state index contributed by atoms with van der Waals surface area (Å²) in [5.74, 6) is 0.669. The molecule has 0 fully saturated rings. The zero-order valence-corrected chi connectivity index (χ0v) is 10.7. The standard InChI is InChI=1S/C13H26N2O/c1-3-4-13(9-14)10-15-7-5-12(6-8-15)11-16-2/h5,13H,3-4,6-11,14H2,1-2H3. The number of nitrogens with two attached hydrogens (primary N) is 1. The van der Waals surface area contributed by atoms with Gasteiger partial charge in [-0.1, -0.05) is 19.4 Å². The van der Waals surface area contributed by atoms with Crippen LogP contribution in [0, 0.1) is 5.92 Å². The average molecular weight is 226 g/mol. The van der Waals surface area contributed by atoms with Crippen LogP contribution in [0.2, 0.25) is 0 Å².